The maximum atomic E-state index is 13.3. The number of fused-ring (bicyclic) bond motifs is 1. The SMILES string of the molecule is CCCC[S+]([O-])c1sc2nc(-c3nccs3)c(C(=O)OCC)c(-c3ccc(Br)cc3)c2c1N. The van der Waals surface area contributed by atoms with E-state index >= 15 is 0 Å². The van der Waals surface area contributed by atoms with Crippen LogP contribution in [0.2, 0.25) is 0 Å². The summed E-state index contributed by atoms with van der Waals surface area (Å²) in [7, 11) is 0. The van der Waals surface area contributed by atoms with Crippen LogP contribution in [0.15, 0.2) is 44.5 Å². The van der Waals surface area contributed by atoms with Gasteiger partial charge in [0.05, 0.1) is 12.2 Å². The molecule has 1 unspecified atom stereocenters. The number of esters is 1. The van der Waals surface area contributed by atoms with Crippen molar-refractivity contribution < 1.29 is 14.1 Å². The van der Waals surface area contributed by atoms with E-state index in [0.29, 0.717) is 47.7 Å². The van der Waals surface area contributed by atoms with Gasteiger partial charge < -0.3 is 15.0 Å². The maximum Gasteiger partial charge on any atom is 0.341 e. The first-order valence-electron chi connectivity index (χ1n) is 10.4. The number of thiazole rings is 1. The molecule has 0 aliphatic rings. The van der Waals surface area contributed by atoms with Gasteiger partial charge in [-0.15, -0.1) is 11.3 Å². The van der Waals surface area contributed by atoms with Crippen molar-refractivity contribution in [2.45, 2.75) is 30.9 Å². The third-order valence-electron chi connectivity index (χ3n) is 4.98. The molecule has 10 heteroatoms. The second kappa shape index (κ2) is 10.5. The number of rotatable bonds is 8. The van der Waals surface area contributed by atoms with Crippen LogP contribution in [0.3, 0.4) is 0 Å². The highest BCUT2D eigenvalue weighted by molar-refractivity contribution is 9.10. The van der Waals surface area contributed by atoms with Gasteiger partial charge in [-0.25, -0.2) is 14.8 Å². The van der Waals surface area contributed by atoms with Crippen molar-refractivity contribution in [1.29, 1.82) is 0 Å². The monoisotopic (exact) mass is 563 g/mol. The first kappa shape index (κ1) is 24.2. The first-order valence-corrected chi connectivity index (χ1v) is 14.2. The number of pyridine rings is 1. The molecule has 0 amide bonds. The molecule has 0 saturated carbocycles. The molecule has 0 spiro atoms. The van der Waals surface area contributed by atoms with Crippen LogP contribution in [-0.2, 0) is 15.9 Å². The Morgan fingerprint density at radius 2 is 2.03 bits per heavy atom. The van der Waals surface area contributed by atoms with Crippen LogP contribution in [0.1, 0.15) is 37.0 Å². The predicted molar refractivity (Wildman–Crippen MR) is 140 cm³/mol. The molecule has 0 radical (unpaired) electrons. The topological polar surface area (TPSA) is 101 Å². The molecule has 3 heterocycles. The Hall–Kier alpha value is -1.98. The van der Waals surface area contributed by atoms with Gasteiger partial charge in [0.25, 0.3) is 0 Å². The van der Waals surface area contributed by atoms with Crippen LogP contribution in [0.25, 0.3) is 32.0 Å². The minimum absolute atomic E-state index is 0.222. The maximum absolute atomic E-state index is 13.3. The fourth-order valence-electron chi connectivity index (χ4n) is 3.47. The summed E-state index contributed by atoms with van der Waals surface area (Å²) in [5.41, 5.74) is 9.19. The molecule has 3 aromatic heterocycles. The molecular formula is C23H22BrN3O3S3. The van der Waals surface area contributed by atoms with Gasteiger partial charge in [0.1, 0.15) is 27.0 Å². The first-order chi connectivity index (χ1) is 16.0. The smallest absolute Gasteiger partial charge is 0.341 e. The lowest BCUT2D eigenvalue weighted by Gasteiger charge is -2.15. The summed E-state index contributed by atoms with van der Waals surface area (Å²) in [5, 5.41) is 3.08. The number of nitrogens with two attached hydrogens (primary N) is 1. The van der Waals surface area contributed by atoms with Gasteiger partial charge in [0, 0.05) is 27.0 Å². The minimum atomic E-state index is -1.24. The number of unbranched alkanes of at least 4 members (excludes halogenated alkanes) is 1. The zero-order chi connectivity index (χ0) is 23.5. The molecular weight excluding hydrogens is 542 g/mol. The quantitative estimate of drug-likeness (QED) is 0.193. The highest BCUT2D eigenvalue weighted by Crippen LogP contribution is 2.46. The number of nitrogen functional groups attached to an aromatic ring is 1. The van der Waals surface area contributed by atoms with Crippen molar-refractivity contribution in [3.05, 3.63) is 45.9 Å². The standard InChI is InChI=1S/C23H22BrN3O3S3/c1-3-5-12-33(29)23-18(25)16-15(13-6-8-14(24)9-7-13)17(22(28)30-4-2)19(27-20(16)32-23)21-26-10-11-31-21/h6-11H,3-5,12,25H2,1-2H3. The average Bonchev–Trinajstić information content (AvgIpc) is 3.45. The normalized spacial score (nSPS) is 12.2. The predicted octanol–water partition coefficient (Wildman–Crippen LogP) is 6.52. The number of carbonyl (C=O) groups excluding carboxylic acids is 1. The minimum Gasteiger partial charge on any atom is -0.611 e. The van der Waals surface area contributed by atoms with Crippen LogP contribution < -0.4 is 5.73 Å². The van der Waals surface area contributed by atoms with E-state index in [4.69, 9.17) is 15.5 Å². The van der Waals surface area contributed by atoms with E-state index < -0.39 is 17.1 Å². The number of hydrogen-bond donors (Lipinski definition) is 1. The lowest BCUT2D eigenvalue weighted by molar-refractivity contribution is 0.0528. The van der Waals surface area contributed by atoms with Gasteiger partial charge in [-0.05, 0) is 42.2 Å². The number of hydrogen-bond acceptors (Lipinski definition) is 8. The highest BCUT2D eigenvalue weighted by atomic mass is 79.9. The molecule has 1 atom stereocenters. The van der Waals surface area contributed by atoms with Gasteiger partial charge in [-0.2, -0.15) is 0 Å². The zero-order valence-corrected chi connectivity index (χ0v) is 22.1. The van der Waals surface area contributed by atoms with Crippen molar-refractivity contribution in [2.75, 3.05) is 18.1 Å². The highest BCUT2D eigenvalue weighted by Gasteiger charge is 2.31. The Morgan fingerprint density at radius 1 is 1.27 bits per heavy atom. The lowest BCUT2D eigenvalue weighted by Crippen LogP contribution is -2.11. The fourth-order valence-corrected chi connectivity index (χ4v) is 7.15. The Labute approximate surface area is 211 Å². The van der Waals surface area contributed by atoms with Crippen LogP contribution >= 0.6 is 38.6 Å². The summed E-state index contributed by atoms with van der Waals surface area (Å²) >= 11 is 4.94. The molecule has 0 fully saturated rings. The number of nitrogens with zero attached hydrogens (tertiary/aromatic N) is 2. The Morgan fingerprint density at radius 3 is 2.67 bits per heavy atom. The summed E-state index contributed by atoms with van der Waals surface area (Å²) in [6.45, 7) is 4.05. The second-order valence-electron chi connectivity index (χ2n) is 7.16. The van der Waals surface area contributed by atoms with Crippen LogP contribution in [-0.4, -0.2) is 32.8 Å². The summed E-state index contributed by atoms with van der Waals surface area (Å²) < 4.78 is 20.0. The Bertz CT molecular complexity index is 1270. The molecule has 4 aromatic rings. The summed E-state index contributed by atoms with van der Waals surface area (Å²) in [5.74, 6) is 0.0415. The second-order valence-corrected chi connectivity index (χ2v) is 11.7. The zero-order valence-electron chi connectivity index (χ0n) is 18.1. The molecule has 0 saturated heterocycles. The Balaban J connectivity index is 2.08. The lowest BCUT2D eigenvalue weighted by atomic mass is 9.95. The molecule has 1 aromatic carbocycles. The fraction of sp³-hybridized carbons (Fsp3) is 0.261. The van der Waals surface area contributed by atoms with Crippen molar-refractivity contribution in [3.63, 3.8) is 0 Å². The number of carbonyl (C=O) groups is 1. The van der Waals surface area contributed by atoms with Crippen molar-refractivity contribution >= 4 is 71.7 Å². The number of benzene rings is 1. The molecule has 6 nitrogen and oxygen atoms in total. The number of thiophene rings is 1. The Kier molecular flexibility index (Phi) is 7.70. The molecule has 0 bridgehead atoms. The molecule has 4 rings (SSSR count). The third-order valence-corrected chi connectivity index (χ3v) is 9.28. The van der Waals surface area contributed by atoms with Crippen molar-refractivity contribution in [1.82, 2.24) is 9.97 Å². The van der Waals surface area contributed by atoms with Crippen LogP contribution in [0, 0.1) is 0 Å². The van der Waals surface area contributed by atoms with Gasteiger partial charge in [0.15, 0.2) is 0 Å². The molecule has 2 N–H and O–H groups in total. The largest absolute Gasteiger partial charge is 0.611 e. The number of halogens is 1. The molecule has 0 aliphatic heterocycles. The third kappa shape index (κ3) is 4.81. The van der Waals surface area contributed by atoms with E-state index in [1.54, 1.807) is 13.1 Å². The van der Waals surface area contributed by atoms with Crippen molar-refractivity contribution in [2.24, 2.45) is 0 Å². The summed E-state index contributed by atoms with van der Waals surface area (Å²) in [6.07, 6.45) is 3.46. The number of ether oxygens (including phenoxy) is 1. The molecule has 172 valence electrons. The van der Waals surface area contributed by atoms with E-state index in [9.17, 15) is 9.35 Å². The van der Waals surface area contributed by atoms with E-state index in [2.05, 4.69) is 27.8 Å². The van der Waals surface area contributed by atoms with E-state index in [1.807, 2.05) is 29.6 Å². The summed E-state index contributed by atoms with van der Waals surface area (Å²) in [4.78, 5) is 23.1. The van der Waals surface area contributed by atoms with Gasteiger partial charge >= 0.3 is 5.97 Å². The van der Waals surface area contributed by atoms with Crippen molar-refractivity contribution in [3.8, 4) is 21.8 Å². The van der Waals surface area contributed by atoms with E-state index in [0.717, 1.165) is 22.9 Å². The number of anilines is 1. The molecule has 33 heavy (non-hydrogen) atoms. The van der Waals surface area contributed by atoms with E-state index in [1.165, 1.54) is 22.7 Å². The number of aromatic nitrogens is 2. The van der Waals surface area contributed by atoms with Crippen LogP contribution in [0.5, 0.6) is 0 Å². The summed E-state index contributed by atoms with van der Waals surface area (Å²) in [6, 6.07) is 7.64. The van der Waals surface area contributed by atoms with Gasteiger partial charge in [0.2, 0.25) is 4.21 Å². The average molecular weight is 565 g/mol. The van der Waals surface area contributed by atoms with Gasteiger partial charge in [-0.1, -0.05) is 52.7 Å². The van der Waals surface area contributed by atoms with Gasteiger partial charge in [-0.3, -0.25) is 0 Å². The molecule has 0 aliphatic carbocycles. The van der Waals surface area contributed by atoms with Crippen LogP contribution in [0.4, 0.5) is 5.69 Å². The van der Waals surface area contributed by atoms with E-state index in [-0.39, 0.29) is 6.61 Å².